The first-order chi connectivity index (χ1) is 13.1. The van der Waals surface area contributed by atoms with Crippen molar-refractivity contribution in [3.8, 4) is 5.75 Å². The molecule has 0 amide bonds. The molecule has 0 aliphatic carbocycles. The van der Waals surface area contributed by atoms with Crippen LogP contribution >= 0.6 is 0 Å². The lowest BCUT2D eigenvalue weighted by atomic mass is 10.1. The van der Waals surface area contributed by atoms with Gasteiger partial charge in [0.2, 0.25) is 0 Å². The maximum absolute atomic E-state index is 13.3. The van der Waals surface area contributed by atoms with Gasteiger partial charge in [0.25, 0.3) is 0 Å². The van der Waals surface area contributed by atoms with Crippen LogP contribution in [-0.4, -0.2) is 30.3 Å². The number of aliphatic imine (C=N–C) groups is 1. The number of aryl methyl sites for hydroxylation is 2. The topological polar surface area (TPSA) is 71.7 Å². The molecular weight excluding hydrogens is 347 g/mol. The summed E-state index contributed by atoms with van der Waals surface area (Å²) in [6, 6.07) is 6.14. The molecule has 0 fully saturated rings. The van der Waals surface area contributed by atoms with Gasteiger partial charge >= 0.3 is 0 Å². The van der Waals surface area contributed by atoms with E-state index in [-0.39, 0.29) is 11.9 Å². The van der Waals surface area contributed by atoms with E-state index in [1.54, 1.807) is 12.1 Å². The lowest BCUT2D eigenvalue weighted by molar-refractivity contribution is 0.223. The summed E-state index contributed by atoms with van der Waals surface area (Å²) in [4.78, 5) is 4.65. The van der Waals surface area contributed by atoms with Crippen molar-refractivity contribution in [2.24, 2.45) is 4.99 Å². The summed E-state index contributed by atoms with van der Waals surface area (Å²) in [5.41, 5.74) is 2.01. The standard InChI is InChI=1S/C20H29FN4O2/c1-5-18-17(19(6-2)27-25-18)13-24-20(22-7-3)23-12-14(4)26-16-10-8-9-15(21)11-16/h8-11,14H,5-7,12-13H2,1-4H3,(H2,22,23,24). The molecule has 2 N–H and O–H groups in total. The van der Waals surface area contributed by atoms with E-state index in [2.05, 4.69) is 27.7 Å². The van der Waals surface area contributed by atoms with Gasteiger partial charge in [0.05, 0.1) is 18.8 Å². The Morgan fingerprint density at radius 3 is 2.74 bits per heavy atom. The normalized spacial score (nSPS) is 12.7. The molecule has 0 saturated carbocycles. The summed E-state index contributed by atoms with van der Waals surface area (Å²) in [5.74, 6) is 1.78. The van der Waals surface area contributed by atoms with E-state index < -0.39 is 0 Å². The van der Waals surface area contributed by atoms with Crippen LogP contribution in [0.25, 0.3) is 0 Å². The first-order valence-corrected chi connectivity index (χ1v) is 9.48. The van der Waals surface area contributed by atoms with E-state index in [1.807, 2.05) is 20.8 Å². The Bertz CT molecular complexity index is 724. The zero-order chi connectivity index (χ0) is 19.6. The average molecular weight is 376 g/mol. The van der Waals surface area contributed by atoms with Gasteiger partial charge in [-0.25, -0.2) is 9.38 Å². The smallest absolute Gasteiger partial charge is 0.191 e. The fraction of sp³-hybridized carbons (Fsp3) is 0.500. The summed E-state index contributed by atoms with van der Waals surface area (Å²) in [6.07, 6.45) is 1.46. The van der Waals surface area contributed by atoms with Gasteiger partial charge in [0.15, 0.2) is 5.96 Å². The molecule has 2 rings (SSSR count). The highest BCUT2D eigenvalue weighted by molar-refractivity contribution is 5.79. The van der Waals surface area contributed by atoms with Gasteiger partial charge in [0, 0.05) is 24.6 Å². The van der Waals surface area contributed by atoms with Crippen molar-refractivity contribution >= 4 is 5.96 Å². The van der Waals surface area contributed by atoms with Crippen LogP contribution in [0.4, 0.5) is 4.39 Å². The molecular formula is C20H29FN4O2. The maximum Gasteiger partial charge on any atom is 0.191 e. The second-order valence-corrected chi connectivity index (χ2v) is 6.20. The maximum atomic E-state index is 13.3. The molecule has 0 aliphatic heterocycles. The van der Waals surface area contributed by atoms with Crippen LogP contribution in [0.15, 0.2) is 33.8 Å². The number of aromatic nitrogens is 1. The zero-order valence-corrected chi connectivity index (χ0v) is 16.5. The highest BCUT2D eigenvalue weighted by Gasteiger charge is 2.13. The Morgan fingerprint density at radius 2 is 2.07 bits per heavy atom. The Morgan fingerprint density at radius 1 is 1.26 bits per heavy atom. The minimum atomic E-state index is -0.310. The molecule has 1 unspecified atom stereocenters. The molecule has 1 atom stereocenters. The summed E-state index contributed by atoms with van der Waals surface area (Å²) >= 11 is 0. The van der Waals surface area contributed by atoms with E-state index >= 15 is 0 Å². The first-order valence-electron chi connectivity index (χ1n) is 9.48. The number of hydrogen-bond donors (Lipinski definition) is 2. The predicted molar refractivity (Wildman–Crippen MR) is 105 cm³/mol. The third kappa shape index (κ3) is 6.27. The van der Waals surface area contributed by atoms with Gasteiger partial charge in [-0.2, -0.15) is 0 Å². The highest BCUT2D eigenvalue weighted by atomic mass is 19.1. The molecule has 148 valence electrons. The zero-order valence-electron chi connectivity index (χ0n) is 16.5. The lowest BCUT2D eigenvalue weighted by Gasteiger charge is -2.17. The first kappa shape index (κ1) is 20.7. The van der Waals surface area contributed by atoms with Crippen molar-refractivity contribution in [1.29, 1.82) is 0 Å². The van der Waals surface area contributed by atoms with Gasteiger partial charge in [0.1, 0.15) is 23.4 Å². The van der Waals surface area contributed by atoms with Crippen molar-refractivity contribution in [2.45, 2.75) is 53.2 Å². The monoisotopic (exact) mass is 376 g/mol. The van der Waals surface area contributed by atoms with Crippen LogP contribution in [0.3, 0.4) is 0 Å². The summed E-state index contributed by atoms with van der Waals surface area (Å²) in [7, 11) is 0. The number of halogens is 1. The van der Waals surface area contributed by atoms with Crippen LogP contribution in [0.2, 0.25) is 0 Å². The largest absolute Gasteiger partial charge is 0.489 e. The van der Waals surface area contributed by atoms with Crippen LogP contribution in [0, 0.1) is 5.82 Å². The SMILES string of the molecule is CCNC(=NCc1c(CC)noc1CC)NCC(C)Oc1cccc(F)c1. The van der Waals surface area contributed by atoms with E-state index in [9.17, 15) is 4.39 Å². The predicted octanol–water partition coefficient (Wildman–Crippen LogP) is 3.46. The number of nitrogens with zero attached hydrogens (tertiary/aromatic N) is 2. The number of guanidine groups is 1. The molecule has 1 aromatic carbocycles. The number of nitrogens with one attached hydrogen (secondary N) is 2. The van der Waals surface area contributed by atoms with Crippen molar-refractivity contribution in [3.63, 3.8) is 0 Å². The molecule has 7 heteroatoms. The fourth-order valence-corrected chi connectivity index (χ4v) is 2.67. The lowest BCUT2D eigenvalue weighted by Crippen LogP contribution is -2.41. The number of ether oxygens (including phenoxy) is 1. The van der Waals surface area contributed by atoms with Crippen LogP contribution in [0.1, 0.15) is 44.7 Å². The van der Waals surface area contributed by atoms with Gasteiger partial charge in [-0.3, -0.25) is 0 Å². The van der Waals surface area contributed by atoms with Crippen molar-refractivity contribution in [3.05, 3.63) is 47.1 Å². The minimum Gasteiger partial charge on any atom is -0.489 e. The second kappa shape index (κ2) is 10.5. The number of rotatable bonds is 9. The van der Waals surface area contributed by atoms with E-state index in [1.165, 1.54) is 12.1 Å². The molecule has 0 spiro atoms. The molecule has 1 heterocycles. The fourth-order valence-electron chi connectivity index (χ4n) is 2.67. The second-order valence-electron chi connectivity index (χ2n) is 6.20. The Labute approximate surface area is 160 Å². The Kier molecular flexibility index (Phi) is 8.10. The molecule has 6 nitrogen and oxygen atoms in total. The van der Waals surface area contributed by atoms with E-state index in [0.29, 0.717) is 24.8 Å². The third-order valence-corrected chi connectivity index (χ3v) is 4.04. The average Bonchev–Trinajstić information content (AvgIpc) is 3.06. The summed E-state index contributed by atoms with van der Waals surface area (Å²) in [5, 5.41) is 10.6. The molecule has 0 saturated heterocycles. The molecule has 27 heavy (non-hydrogen) atoms. The van der Waals surface area contributed by atoms with Crippen LogP contribution in [-0.2, 0) is 19.4 Å². The Hall–Kier alpha value is -2.57. The van der Waals surface area contributed by atoms with E-state index in [4.69, 9.17) is 9.26 Å². The van der Waals surface area contributed by atoms with Crippen LogP contribution < -0.4 is 15.4 Å². The van der Waals surface area contributed by atoms with Gasteiger partial charge in [-0.05, 0) is 32.4 Å². The summed E-state index contributed by atoms with van der Waals surface area (Å²) in [6.45, 7) is 9.82. The van der Waals surface area contributed by atoms with Crippen molar-refractivity contribution in [1.82, 2.24) is 15.8 Å². The van der Waals surface area contributed by atoms with Crippen molar-refractivity contribution in [2.75, 3.05) is 13.1 Å². The molecule has 1 aromatic heterocycles. The van der Waals surface area contributed by atoms with Gasteiger partial charge in [-0.15, -0.1) is 0 Å². The highest BCUT2D eigenvalue weighted by Crippen LogP contribution is 2.17. The van der Waals surface area contributed by atoms with Gasteiger partial charge < -0.3 is 19.9 Å². The summed E-state index contributed by atoms with van der Waals surface area (Å²) < 4.78 is 24.4. The molecule has 0 aliphatic rings. The molecule has 0 bridgehead atoms. The van der Waals surface area contributed by atoms with Crippen LogP contribution in [0.5, 0.6) is 5.75 Å². The quantitative estimate of drug-likeness (QED) is 0.518. The Balaban J connectivity index is 1.96. The number of hydrogen-bond acceptors (Lipinski definition) is 4. The van der Waals surface area contributed by atoms with Crippen molar-refractivity contribution < 1.29 is 13.7 Å². The third-order valence-electron chi connectivity index (χ3n) is 4.04. The minimum absolute atomic E-state index is 0.149. The van der Waals surface area contributed by atoms with Gasteiger partial charge in [-0.1, -0.05) is 25.1 Å². The van der Waals surface area contributed by atoms with E-state index in [0.717, 1.165) is 36.4 Å². The molecule has 2 aromatic rings. The number of benzene rings is 1. The molecule has 0 radical (unpaired) electrons.